The number of carbonyl (C=O) groups is 1. The zero-order valence-corrected chi connectivity index (χ0v) is 12.6. The molecule has 1 saturated carbocycles. The van der Waals surface area contributed by atoms with Crippen molar-refractivity contribution in [3.05, 3.63) is 28.8 Å². The van der Waals surface area contributed by atoms with Gasteiger partial charge in [-0.15, -0.1) is 12.4 Å². The number of hydrogen-bond acceptors (Lipinski definition) is 2. The first kappa shape index (κ1) is 16.3. The second kappa shape index (κ2) is 7.13. The van der Waals surface area contributed by atoms with Gasteiger partial charge in [-0.3, -0.25) is 4.79 Å². The van der Waals surface area contributed by atoms with E-state index in [2.05, 4.69) is 5.32 Å². The lowest BCUT2D eigenvalue weighted by molar-refractivity contribution is -0.117. The number of nitrogens with one attached hydrogen (secondary N) is 1. The van der Waals surface area contributed by atoms with Crippen LogP contribution in [0.15, 0.2) is 18.2 Å². The van der Waals surface area contributed by atoms with E-state index in [0.717, 1.165) is 30.5 Å². The highest BCUT2D eigenvalue weighted by molar-refractivity contribution is 6.31. The number of carbonyl (C=O) groups excluding carboxylic acids is 1. The highest BCUT2D eigenvalue weighted by Gasteiger charge is 2.26. The molecule has 106 valence electrons. The molecule has 3 nitrogen and oxygen atoms in total. The minimum atomic E-state index is 0. The molecule has 0 heterocycles. The van der Waals surface area contributed by atoms with Gasteiger partial charge in [0, 0.05) is 23.2 Å². The number of rotatable bonds is 3. The summed E-state index contributed by atoms with van der Waals surface area (Å²) in [7, 11) is 0. The number of anilines is 1. The van der Waals surface area contributed by atoms with Crippen molar-refractivity contribution in [1.82, 2.24) is 0 Å². The summed E-state index contributed by atoms with van der Waals surface area (Å²) in [6.45, 7) is 1.90. The normalized spacial score (nSPS) is 21.8. The zero-order chi connectivity index (χ0) is 13.1. The monoisotopic (exact) mass is 302 g/mol. The molecule has 1 aliphatic rings. The smallest absolute Gasteiger partial charge is 0.224 e. The standard InChI is InChI=1S/C14H19ClN2O.ClH/c1-9-11(15)5-3-7-13(9)17-14(18)8-10-4-2-6-12(10)16;/h3,5,7,10,12H,2,4,6,8,16H2,1H3,(H,17,18);1H/t10-,12+;/m0./s1. The molecule has 19 heavy (non-hydrogen) atoms. The van der Waals surface area contributed by atoms with E-state index in [0.29, 0.717) is 17.4 Å². The largest absolute Gasteiger partial charge is 0.327 e. The van der Waals surface area contributed by atoms with Crippen LogP contribution in [0.3, 0.4) is 0 Å². The average Bonchev–Trinajstić information content (AvgIpc) is 2.71. The Morgan fingerprint density at radius 2 is 2.21 bits per heavy atom. The molecule has 0 radical (unpaired) electrons. The van der Waals surface area contributed by atoms with E-state index in [-0.39, 0.29) is 24.4 Å². The second-order valence-electron chi connectivity index (χ2n) is 5.02. The Bertz CT molecular complexity index is 451. The van der Waals surface area contributed by atoms with Crippen molar-refractivity contribution in [2.75, 3.05) is 5.32 Å². The van der Waals surface area contributed by atoms with Gasteiger partial charge in [0.25, 0.3) is 0 Å². The molecule has 0 unspecified atom stereocenters. The second-order valence-corrected chi connectivity index (χ2v) is 5.43. The van der Waals surface area contributed by atoms with Crippen LogP contribution < -0.4 is 11.1 Å². The molecule has 0 spiro atoms. The van der Waals surface area contributed by atoms with E-state index in [1.54, 1.807) is 0 Å². The van der Waals surface area contributed by atoms with Crippen molar-refractivity contribution in [3.63, 3.8) is 0 Å². The molecule has 0 aromatic heterocycles. The molecule has 1 amide bonds. The van der Waals surface area contributed by atoms with Crippen molar-refractivity contribution < 1.29 is 4.79 Å². The molecule has 3 N–H and O–H groups in total. The van der Waals surface area contributed by atoms with Gasteiger partial charge in [-0.2, -0.15) is 0 Å². The van der Waals surface area contributed by atoms with Gasteiger partial charge < -0.3 is 11.1 Å². The Morgan fingerprint density at radius 1 is 1.47 bits per heavy atom. The minimum absolute atomic E-state index is 0. The summed E-state index contributed by atoms with van der Waals surface area (Å²) in [5.74, 6) is 0.354. The average molecular weight is 303 g/mol. The lowest BCUT2D eigenvalue weighted by Gasteiger charge is -2.15. The molecule has 5 heteroatoms. The molecule has 1 aromatic rings. The number of benzene rings is 1. The third-order valence-electron chi connectivity index (χ3n) is 3.71. The summed E-state index contributed by atoms with van der Waals surface area (Å²) in [6, 6.07) is 5.70. The Hall–Kier alpha value is -0.770. The number of hydrogen-bond donors (Lipinski definition) is 2. The first-order chi connectivity index (χ1) is 8.58. The molecule has 1 aromatic carbocycles. The summed E-state index contributed by atoms with van der Waals surface area (Å²) >= 11 is 6.02. The number of nitrogens with two attached hydrogens (primary N) is 1. The fraction of sp³-hybridized carbons (Fsp3) is 0.500. The fourth-order valence-corrected chi connectivity index (χ4v) is 2.68. The predicted molar refractivity (Wildman–Crippen MR) is 82.0 cm³/mol. The minimum Gasteiger partial charge on any atom is -0.327 e. The van der Waals surface area contributed by atoms with Gasteiger partial charge in [0.15, 0.2) is 0 Å². The van der Waals surface area contributed by atoms with Crippen LogP contribution in [0.1, 0.15) is 31.2 Å². The van der Waals surface area contributed by atoms with E-state index in [1.807, 2.05) is 25.1 Å². The van der Waals surface area contributed by atoms with Gasteiger partial charge in [0.1, 0.15) is 0 Å². The molecule has 0 saturated heterocycles. The van der Waals surface area contributed by atoms with Crippen molar-refractivity contribution in [1.29, 1.82) is 0 Å². The summed E-state index contributed by atoms with van der Waals surface area (Å²) < 4.78 is 0. The van der Waals surface area contributed by atoms with E-state index >= 15 is 0 Å². The van der Waals surface area contributed by atoms with E-state index in [4.69, 9.17) is 17.3 Å². The van der Waals surface area contributed by atoms with Crippen LogP contribution in [0.25, 0.3) is 0 Å². The highest BCUT2D eigenvalue weighted by Crippen LogP contribution is 2.28. The van der Waals surface area contributed by atoms with Crippen molar-refractivity contribution in [2.45, 2.75) is 38.6 Å². The molecular weight excluding hydrogens is 283 g/mol. The van der Waals surface area contributed by atoms with E-state index < -0.39 is 0 Å². The van der Waals surface area contributed by atoms with Crippen molar-refractivity contribution >= 4 is 35.6 Å². The summed E-state index contributed by atoms with van der Waals surface area (Å²) in [4.78, 5) is 12.0. The van der Waals surface area contributed by atoms with Crippen LogP contribution in [0.2, 0.25) is 5.02 Å². The lowest BCUT2D eigenvalue weighted by Crippen LogP contribution is -2.28. The molecule has 2 atom stereocenters. The Kier molecular flexibility index (Phi) is 6.11. The first-order valence-electron chi connectivity index (χ1n) is 6.38. The molecule has 0 aliphatic heterocycles. The maximum Gasteiger partial charge on any atom is 0.224 e. The Balaban J connectivity index is 0.00000180. The van der Waals surface area contributed by atoms with Crippen LogP contribution in [-0.4, -0.2) is 11.9 Å². The number of amides is 1. The highest BCUT2D eigenvalue weighted by atomic mass is 35.5. The molecular formula is C14H20Cl2N2O. The van der Waals surface area contributed by atoms with Crippen LogP contribution in [0.5, 0.6) is 0 Å². The Labute approximate surface area is 125 Å². The van der Waals surface area contributed by atoms with Gasteiger partial charge in [0.05, 0.1) is 0 Å². The predicted octanol–water partition coefficient (Wildman–Crippen LogP) is 3.53. The zero-order valence-electron chi connectivity index (χ0n) is 11.0. The van der Waals surface area contributed by atoms with Crippen LogP contribution in [0, 0.1) is 12.8 Å². The molecule has 0 bridgehead atoms. The molecule has 1 aliphatic carbocycles. The van der Waals surface area contributed by atoms with E-state index in [9.17, 15) is 4.79 Å². The lowest BCUT2D eigenvalue weighted by atomic mass is 10.00. The maximum atomic E-state index is 12.0. The first-order valence-corrected chi connectivity index (χ1v) is 6.76. The van der Waals surface area contributed by atoms with Crippen molar-refractivity contribution in [2.24, 2.45) is 11.7 Å². The summed E-state index contributed by atoms with van der Waals surface area (Å²) in [5, 5.41) is 3.59. The maximum absolute atomic E-state index is 12.0. The third-order valence-corrected chi connectivity index (χ3v) is 4.12. The van der Waals surface area contributed by atoms with Gasteiger partial charge >= 0.3 is 0 Å². The summed E-state index contributed by atoms with van der Waals surface area (Å²) in [6.07, 6.45) is 3.74. The van der Waals surface area contributed by atoms with Gasteiger partial charge in [-0.05, 0) is 43.4 Å². The summed E-state index contributed by atoms with van der Waals surface area (Å²) in [5.41, 5.74) is 7.67. The third kappa shape index (κ3) is 4.10. The van der Waals surface area contributed by atoms with Crippen LogP contribution >= 0.6 is 24.0 Å². The van der Waals surface area contributed by atoms with Crippen molar-refractivity contribution in [3.8, 4) is 0 Å². The van der Waals surface area contributed by atoms with E-state index in [1.165, 1.54) is 0 Å². The van der Waals surface area contributed by atoms with Gasteiger partial charge in [0.2, 0.25) is 5.91 Å². The van der Waals surface area contributed by atoms with Gasteiger partial charge in [-0.25, -0.2) is 0 Å². The topological polar surface area (TPSA) is 55.1 Å². The number of halogens is 2. The molecule has 1 fully saturated rings. The van der Waals surface area contributed by atoms with Gasteiger partial charge in [-0.1, -0.05) is 24.1 Å². The van der Waals surface area contributed by atoms with Crippen LogP contribution in [-0.2, 0) is 4.79 Å². The van der Waals surface area contributed by atoms with Crippen LogP contribution in [0.4, 0.5) is 5.69 Å². The SMILES string of the molecule is Cc1c(Cl)cccc1NC(=O)C[C@@H]1CCC[C@H]1N.Cl. The fourth-order valence-electron chi connectivity index (χ4n) is 2.50. The Morgan fingerprint density at radius 3 is 2.84 bits per heavy atom. The quantitative estimate of drug-likeness (QED) is 0.897. The molecule has 2 rings (SSSR count).